The summed E-state index contributed by atoms with van der Waals surface area (Å²) in [6.45, 7) is 19.1. The first-order valence-electron chi connectivity index (χ1n) is 6.83. The van der Waals surface area contributed by atoms with Crippen LogP contribution in [0.15, 0.2) is 4.41 Å². The highest BCUT2D eigenvalue weighted by atomic mass is 35.7. The zero-order valence-electron chi connectivity index (χ0n) is 14.7. The second-order valence-corrected chi connectivity index (χ2v) is 27.7. The molecule has 0 rings (SSSR count). The van der Waals surface area contributed by atoms with Crippen LogP contribution >= 0.6 is 17.9 Å². The van der Waals surface area contributed by atoms with Crippen molar-refractivity contribution in [2.75, 3.05) is 14.1 Å². The van der Waals surface area contributed by atoms with Crippen molar-refractivity contribution in [3.05, 3.63) is 0 Å². The lowest BCUT2D eigenvalue weighted by atomic mass is 11.3. The van der Waals surface area contributed by atoms with Crippen LogP contribution in [0.2, 0.25) is 58.9 Å². The summed E-state index contributed by atoms with van der Waals surface area (Å²) in [5.74, 6) is 0. The average Bonchev–Trinajstić information content (AvgIpc) is 1.91. The normalized spacial score (nSPS) is 17.8. The van der Waals surface area contributed by atoms with Crippen LogP contribution < -0.4 is 0 Å². The molecular weight excluding hydrogens is 325 g/mol. The Hall–Kier alpha value is 1.09. The molecule has 1 atom stereocenters. The fourth-order valence-electron chi connectivity index (χ4n) is 2.46. The summed E-state index contributed by atoms with van der Waals surface area (Å²) in [5.41, 5.74) is 0. The van der Waals surface area contributed by atoms with Crippen molar-refractivity contribution in [1.29, 1.82) is 0 Å². The lowest BCUT2D eigenvalue weighted by molar-refractivity contribution is 0.650. The molecule has 0 aromatic carbocycles. The first-order chi connectivity index (χ1) is 8.02. The Kier molecular flexibility index (Phi) is 6.42. The molecule has 0 aliphatic rings. The summed E-state index contributed by atoms with van der Waals surface area (Å²) in [6, 6.07) is 0. The van der Waals surface area contributed by atoms with Gasteiger partial charge in [0, 0.05) is 0 Å². The van der Waals surface area contributed by atoms with Gasteiger partial charge in [0.05, 0.1) is 0 Å². The molecule has 0 amide bonds. The third-order valence-electron chi connectivity index (χ3n) is 2.46. The van der Waals surface area contributed by atoms with E-state index in [2.05, 4.69) is 81.7 Å². The lowest BCUT2D eigenvalue weighted by Crippen LogP contribution is -2.57. The largest absolute Gasteiger partial charge is 0.301 e. The first-order valence-corrected chi connectivity index (χ1v) is 19.7. The van der Waals surface area contributed by atoms with Crippen LogP contribution in [-0.4, -0.2) is 47.5 Å². The lowest BCUT2D eigenvalue weighted by Gasteiger charge is -2.51. The summed E-state index contributed by atoms with van der Waals surface area (Å²) in [7, 11) is -0.424. The van der Waals surface area contributed by atoms with E-state index in [1.54, 1.807) is 0 Å². The van der Waals surface area contributed by atoms with Crippen molar-refractivity contribution in [1.82, 2.24) is 8.67 Å². The molecule has 0 fully saturated rings. The van der Waals surface area contributed by atoms with Crippen LogP contribution in [0.1, 0.15) is 0 Å². The molecule has 0 radical (unpaired) electrons. The molecule has 0 spiro atoms. The van der Waals surface area contributed by atoms with Crippen molar-refractivity contribution in [2.45, 2.75) is 58.9 Å². The summed E-state index contributed by atoms with van der Waals surface area (Å²) in [5, 5.41) is 0. The second-order valence-electron chi connectivity index (χ2n) is 8.27. The number of nitrogens with zero attached hydrogens (tertiary/aromatic N) is 3. The molecule has 8 heteroatoms. The van der Waals surface area contributed by atoms with Crippen molar-refractivity contribution >= 4 is 42.7 Å². The monoisotopic (exact) mass is 357 g/mol. The maximum Gasteiger partial charge on any atom is 0.175 e. The molecule has 0 aliphatic heterocycles. The zero-order valence-corrected chi connectivity index (χ0v) is 19.3. The summed E-state index contributed by atoms with van der Waals surface area (Å²) >= 11 is 7.19. The van der Waals surface area contributed by atoms with E-state index in [0.717, 1.165) is 0 Å². The SMILES string of the molecule is CN(C)P(Cl)(=N[Si](C)(C)C)N([Si](C)(C)C)[Si](C)(C)C. The second kappa shape index (κ2) is 6.07. The standard InChI is InChI=1S/C11H33ClN3PSi3/c1-14(2)16(12,13-17(3,4)5)15(18(6,7)8)19(9,10)11/h1-11H3. The van der Waals surface area contributed by atoms with Gasteiger partial charge in [0.25, 0.3) is 0 Å². The van der Waals surface area contributed by atoms with Crippen LogP contribution in [0, 0.1) is 0 Å². The number of halogens is 1. The quantitative estimate of drug-likeness (QED) is 0.475. The summed E-state index contributed by atoms with van der Waals surface area (Å²) in [6.07, 6.45) is 0. The highest BCUT2D eigenvalue weighted by Gasteiger charge is 2.45. The van der Waals surface area contributed by atoms with Gasteiger partial charge in [-0.1, -0.05) is 39.3 Å². The van der Waals surface area contributed by atoms with Gasteiger partial charge in [0.1, 0.15) is 16.5 Å². The van der Waals surface area contributed by atoms with Gasteiger partial charge in [-0.05, 0) is 45.0 Å². The van der Waals surface area contributed by atoms with E-state index in [1.807, 2.05) is 0 Å². The van der Waals surface area contributed by atoms with Gasteiger partial charge >= 0.3 is 0 Å². The first kappa shape index (κ1) is 20.1. The van der Waals surface area contributed by atoms with Crippen LogP contribution in [0.4, 0.5) is 0 Å². The molecule has 0 aliphatic carbocycles. The molecule has 0 heterocycles. The molecular formula is C11H33ClN3PSi3. The Bertz CT molecular complexity index is 353. The molecule has 1 unspecified atom stereocenters. The summed E-state index contributed by atoms with van der Waals surface area (Å²) < 4.78 is 10.1. The van der Waals surface area contributed by atoms with E-state index in [9.17, 15) is 0 Å². The molecule has 0 saturated carbocycles. The molecule has 0 aromatic heterocycles. The van der Waals surface area contributed by atoms with E-state index in [1.165, 1.54) is 0 Å². The fourth-order valence-corrected chi connectivity index (χ4v) is 29.1. The van der Waals surface area contributed by atoms with Gasteiger partial charge in [-0.2, -0.15) is 0 Å². The van der Waals surface area contributed by atoms with Crippen molar-refractivity contribution in [2.24, 2.45) is 4.41 Å². The van der Waals surface area contributed by atoms with E-state index in [4.69, 9.17) is 15.7 Å². The highest BCUT2D eigenvalue weighted by molar-refractivity contribution is 7.90. The third kappa shape index (κ3) is 5.77. The van der Waals surface area contributed by atoms with Crippen molar-refractivity contribution in [3.63, 3.8) is 0 Å². The maximum absolute atomic E-state index is 7.19. The van der Waals surface area contributed by atoms with Gasteiger partial charge in [0.2, 0.25) is 0 Å². The molecule has 0 saturated heterocycles. The van der Waals surface area contributed by atoms with Gasteiger partial charge in [-0.15, -0.1) is 0 Å². The van der Waals surface area contributed by atoms with Crippen LogP contribution in [0.25, 0.3) is 0 Å². The Labute approximate surface area is 128 Å². The predicted octanol–water partition coefficient (Wildman–Crippen LogP) is 5.54. The Balaban J connectivity index is 6.21. The number of hydrogen-bond donors (Lipinski definition) is 0. The number of hydrogen-bond acceptors (Lipinski definition) is 1. The molecule has 19 heavy (non-hydrogen) atoms. The molecule has 0 bridgehead atoms. The van der Waals surface area contributed by atoms with Crippen LogP contribution in [0.3, 0.4) is 0 Å². The van der Waals surface area contributed by atoms with E-state index >= 15 is 0 Å². The Morgan fingerprint density at radius 3 is 1.26 bits per heavy atom. The minimum Gasteiger partial charge on any atom is -0.301 e. The fraction of sp³-hybridized carbons (Fsp3) is 1.00. The van der Waals surface area contributed by atoms with Gasteiger partial charge in [-0.25, -0.2) is 0 Å². The molecule has 3 nitrogen and oxygen atoms in total. The maximum atomic E-state index is 7.19. The molecule has 0 N–H and O–H groups in total. The minimum atomic E-state index is -2.07. The average molecular weight is 358 g/mol. The van der Waals surface area contributed by atoms with E-state index in [-0.39, 0.29) is 0 Å². The third-order valence-corrected chi connectivity index (χ3v) is 22.0. The van der Waals surface area contributed by atoms with E-state index < -0.39 is 31.4 Å². The smallest absolute Gasteiger partial charge is 0.175 e. The van der Waals surface area contributed by atoms with Gasteiger partial charge in [0.15, 0.2) is 14.9 Å². The topological polar surface area (TPSA) is 18.8 Å². The Morgan fingerprint density at radius 1 is 0.789 bits per heavy atom. The zero-order chi connectivity index (χ0) is 15.9. The number of rotatable bonds is 5. The summed E-state index contributed by atoms with van der Waals surface area (Å²) in [4.78, 5) is 0. The van der Waals surface area contributed by atoms with Crippen LogP contribution in [-0.2, 0) is 0 Å². The molecule has 116 valence electrons. The minimum absolute atomic E-state index is 1.52. The van der Waals surface area contributed by atoms with Gasteiger partial charge in [-0.3, -0.25) is 8.67 Å². The Morgan fingerprint density at radius 2 is 1.11 bits per heavy atom. The van der Waals surface area contributed by atoms with Crippen molar-refractivity contribution in [3.8, 4) is 0 Å². The van der Waals surface area contributed by atoms with E-state index in [0.29, 0.717) is 0 Å². The van der Waals surface area contributed by atoms with Gasteiger partial charge < -0.3 is 4.41 Å². The van der Waals surface area contributed by atoms with Crippen LogP contribution in [0.5, 0.6) is 0 Å². The molecule has 0 aromatic rings. The highest BCUT2D eigenvalue weighted by Crippen LogP contribution is 2.64. The van der Waals surface area contributed by atoms with Crippen molar-refractivity contribution < 1.29 is 0 Å². The predicted molar refractivity (Wildman–Crippen MR) is 101 cm³/mol.